The Hall–Kier alpha value is 4.51. The van der Waals surface area contributed by atoms with Gasteiger partial charge in [0.05, 0.1) is 0 Å². The molecule has 0 fully saturated rings. The predicted octanol–water partition coefficient (Wildman–Crippen LogP) is -4.22. The Morgan fingerprint density at radius 2 is 1.20 bits per heavy atom. The number of hydrogen-bond donors (Lipinski definition) is 0. The second-order valence-corrected chi connectivity index (χ2v) is 16.6. The van der Waals surface area contributed by atoms with E-state index in [4.69, 9.17) is 0 Å². The van der Waals surface area contributed by atoms with Crippen molar-refractivity contribution in [2.45, 2.75) is 0 Å². The third-order valence-corrected chi connectivity index (χ3v) is 0. The largest absolute Gasteiger partial charge is 1.00 e. The van der Waals surface area contributed by atoms with E-state index in [9.17, 15) is 0 Å². The van der Waals surface area contributed by atoms with Crippen molar-refractivity contribution in [2.24, 2.45) is 0 Å². The average Bonchev–Trinajstić information content (AvgIpc) is 0.918. The Morgan fingerprint density at radius 3 is 1.20 bits per heavy atom. The predicted molar refractivity (Wildman–Crippen MR) is 28.0 cm³/mol. The Bertz CT molecular complexity index is 6.85. The van der Waals surface area contributed by atoms with Crippen LogP contribution in [0.4, 0.5) is 0 Å². The number of rotatable bonds is 0. The monoisotopic (exact) mass is 615 g/mol. The molecule has 0 spiro atoms. The maximum Gasteiger partial charge on any atom is 1.00 e. The molecular formula is I3KPt. The first-order chi connectivity index (χ1) is 1.41. The van der Waals surface area contributed by atoms with E-state index >= 15 is 0 Å². The first kappa shape index (κ1) is 16.3. The van der Waals surface area contributed by atoms with Gasteiger partial charge < -0.3 is 24.0 Å². The quantitative estimate of drug-likeness (QED) is 0.192. The molecule has 0 atom stereocenters. The fourth-order valence-electron chi connectivity index (χ4n) is 0. The Kier molecular flexibility index (Phi) is 51.4. The zero-order chi connectivity index (χ0) is 2.71. The van der Waals surface area contributed by atoms with E-state index in [0.717, 1.165) is 0 Å². The van der Waals surface area contributed by atoms with Gasteiger partial charge in [-0.1, -0.05) is 0 Å². The van der Waals surface area contributed by atoms with Crippen LogP contribution >= 0.6 is 38.7 Å². The zero-order valence-corrected chi connectivity index (χ0v) is 14.3. The standard InChI is InChI=1S/3HI.K.Pt/h3*1H;;/q;;;+1;+2/p-3. The van der Waals surface area contributed by atoms with E-state index in [2.05, 4.69) is 38.7 Å². The van der Waals surface area contributed by atoms with Crippen LogP contribution in [0.1, 0.15) is 0 Å². The van der Waals surface area contributed by atoms with E-state index in [0.29, 0.717) is 11.2 Å². The van der Waals surface area contributed by atoms with Crippen LogP contribution in [-0.4, -0.2) is 0 Å². The molecule has 0 saturated carbocycles. The van der Waals surface area contributed by atoms with E-state index < -0.39 is 0 Å². The average molecular weight is 615 g/mol. The van der Waals surface area contributed by atoms with Gasteiger partial charge >= 0.3 is 101 Å². The van der Waals surface area contributed by atoms with E-state index in [-0.39, 0.29) is 75.4 Å². The van der Waals surface area contributed by atoms with Gasteiger partial charge in [0.2, 0.25) is 0 Å². The molecule has 0 unspecified atom stereocenters. The summed E-state index contributed by atoms with van der Waals surface area (Å²) in [4.78, 5) is 0. The van der Waals surface area contributed by atoms with Crippen molar-refractivity contribution < 1.29 is 86.6 Å². The summed E-state index contributed by atoms with van der Waals surface area (Å²) < 4.78 is 0. The Balaban J connectivity index is -0.0000000200. The molecule has 0 aliphatic rings. The van der Waals surface area contributed by atoms with Crippen LogP contribution in [-0.2, 0) is 11.2 Å². The van der Waals surface area contributed by atoms with Gasteiger partial charge in [-0.05, 0) is 0 Å². The van der Waals surface area contributed by atoms with Crippen molar-refractivity contribution in [1.29, 1.82) is 0 Å². The van der Waals surface area contributed by atoms with Gasteiger partial charge in [-0.3, -0.25) is 0 Å². The molecule has 0 aromatic heterocycles. The first-order valence-corrected chi connectivity index (χ1v) is 13.1. The summed E-state index contributed by atoms with van der Waals surface area (Å²) in [5.41, 5.74) is 0. The SMILES string of the molecule is [I-].[I][Pt][I].[K+]. The molecule has 0 rings (SSSR count). The van der Waals surface area contributed by atoms with Gasteiger partial charge in [0.25, 0.3) is 0 Å². The van der Waals surface area contributed by atoms with Gasteiger partial charge in [-0.25, -0.2) is 0 Å². The Morgan fingerprint density at radius 1 is 1.20 bits per heavy atom. The van der Waals surface area contributed by atoms with Gasteiger partial charge in [0, 0.05) is 0 Å². The number of hydrogen-bond acceptors (Lipinski definition) is 0. The van der Waals surface area contributed by atoms with Gasteiger partial charge in [-0.15, -0.1) is 0 Å². The molecule has 0 nitrogen and oxygen atoms in total. The van der Waals surface area contributed by atoms with Crippen LogP contribution < -0.4 is 75.4 Å². The third-order valence-electron chi connectivity index (χ3n) is 0. The third kappa shape index (κ3) is 17.7. The van der Waals surface area contributed by atoms with Gasteiger partial charge in [-0.2, -0.15) is 0 Å². The van der Waals surface area contributed by atoms with Crippen molar-refractivity contribution in [1.82, 2.24) is 0 Å². The van der Waals surface area contributed by atoms with Gasteiger partial charge in [0.15, 0.2) is 0 Å². The van der Waals surface area contributed by atoms with E-state index in [1.165, 1.54) is 0 Å². The van der Waals surface area contributed by atoms with Crippen molar-refractivity contribution in [2.75, 3.05) is 0 Å². The second-order valence-electron chi connectivity index (χ2n) is 0.0452. The van der Waals surface area contributed by atoms with Crippen LogP contribution in [0.5, 0.6) is 0 Å². The molecule has 0 aromatic rings. The summed E-state index contributed by atoms with van der Waals surface area (Å²) in [6, 6.07) is 0. The van der Waals surface area contributed by atoms with Crippen molar-refractivity contribution >= 4 is 38.7 Å². The molecule has 0 N–H and O–H groups in total. The summed E-state index contributed by atoms with van der Waals surface area (Å²) in [7, 11) is 0. The fourth-order valence-corrected chi connectivity index (χ4v) is 0. The minimum atomic E-state index is 0. The van der Waals surface area contributed by atoms with Crippen molar-refractivity contribution in [3.63, 3.8) is 0 Å². The normalized spacial score (nSPS) is 4.40. The maximum atomic E-state index is 2.39. The van der Waals surface area contributed by atoms with Crippen LogP contribution in [0.3, 0.4) is 0 Å². The minimum absolute atomic E-state index is 0. The molecule has 5 heteroatoms. The summed E-state index contributed by atoms with van der Waals surface area (Å²) in [5.74, 6) is 0. The van der Waals surface area contributed by atoms with E-state index in [1.54, 1.807) is 0 Å². The molecule has 0 amide bonds. The molecule has 32 valence electrons. The topological polar surface area (TPSA) is 0 Å². The Labute approximate surface area is 121 Å². The fraction of sp³-hybridized carbons (Fsp3) is 0. The summed E-state index contributed by atoms with van der Waals surface area (Å²) in [5, 5.41) is 0. The van der Waals surface area contributed by atoms with Crippen LogP contribution in [0.2, 0.25) is 0 Å². The molecule has 0 aromatic carbocycles. The molecule has 0 heterocycles. The number of halogens is 3. The summed E-state index contributed by atoms with van der Waals surface area (Å²) in [6.07, 6.45) is 0. The van der Waals surface area contributed by atoms with E-state index in [1.807, 2.05) is 0 Å². The molecule has 0 bridgehead atoms. The molecule has 5 heavy (non-hydrogen) atoms. The summed E-state index contributed by atoms with van der Waals surface area (Å²) >= 11 is 5.30. The zero-order valence-electron chi connectivity index (χ0n) is 2.45. The molecule has 0 saturated heterocycles. The van der Waals surface area contributed by atoms with Gasteiger partial charge in [0.1, 0.15) is 0 Å². The van der Waals surface area contributed by atoms with Crippen molar-refractivity contribution in [3.05, 3.63) is 0 Å². The first-order valence-electron chi connectivity index (χ1n) is 0.239. The molecule has 0 aliphatic heterocycles. The van der Waals surface area contributed by atoms with Crippen LogP contribution in [0.25, 0.3) is 0 Å². The molecular weight excluding hydrogens is 615 g/mol. The van der Waals surface area contributed by atoms with Crippen molar-refractivity contribution in [3.8, 4) is 0 Å². The van der Waals surface area contributed by atoms with Crippen LogP contribution in [0.15, 0.2) is 0 Å². The molecule has 0 radical (unpaired) electrons. The maximum absolute atomic E-state index is 2.39. The molecule has 0 aliphatic carbocycles. The minimum Gasteiger partial charge on any atom is 1.00 e. The summed E-state index contributed by atoms with van der Waals surface area (Å²) in [6.45, 7) is 0. The van der Waals surface area contributed by atoms with Crippen LogP contribution in [0, 0.1) is 0 Å². The second kappa shape index (κ2) is 15.8. The smallest absolute Gasteiger partial charge is 1.00 e.